The van der Waals surface area contributed by atoms with Crippen molar-refractivity contribution in [2.24, 2.45) is 5.73 Å². The minimum Gasteiger partial charge on any atom is -0.381 e. The molecule has 0 aliphatic heterocycles. The quantitative estimate of drug-likeness (QED) is 0.418. The molecule has 0 aliphatic carbocycles. The summed E-state index contributed by atoms with van der Waals surface area (Å²) in [5.74, 6) is 0. The minimum atomic E-state index is -0.734. The van der Waals surface area contributed by atoms with Crippen LogP contribution in [0.25, 0.3) is 0 Å². The molecule has 0 saturated carbocycles. The van der Waals surface area contributed by atoms with Gasteiger partial charge >= 0.3 is 0 Å². The summed E-state index contributed by atoms with van der Waals surface area (Å²) in [5.41, 5.74) is 5.14. The van der Waals surface area contributed by atoms with Gasteiger partial charge in [0.25, 0.3) is 0 Å². The molecule has 0 rings (SSSR count). The topological polar surface area (TPSA) is 58.7 Å². The van der Waals surface area contributed by atoms with Crippen LogP contribution in [0.4, 0.5) is 0 Å². The number of nitrogens with zero attached hydrogens (tertiary/aromatic N) is 1. The van der Waals surface area contributed by atoms with Gasteiger partial charge in [0.15, 0.2) is 0 Å². The molecule has 1 unspecified atom stereocenters. The molecule has 4 heteroatoms. The summed E-state index contributed by atoms with van der Waals surface area (Å²) in [6, 6.07) is 0. The molecular weight excluding hydrogens is 168 g/mol. The van der Waals surface area contributed by atoms with Gasteiger partial charge in [0, 0.05) is 13.0 Å². The lowest BCUT2D eigenvalue weighted by molar-refractivity contribution is 0.0821. The fraction of sp³-hybridized carbons (Fsp3) is 1.00. The van der Waals surface area contributed by atoms with E-state index in [1.54, 1.807) is 0 Å². The molecule has 0 fully saturated rings. The van der Waals surface area contributed by atoms with Crippen LogP contribution in [0.15, 0.2) is 0 Å². The summed E-state index contributed by atoms with van der Waals surface area (Å²) in [7, 11) is 4.12. The number of rotatable bonds is 8. The van der Waals surface area contributed by atoms with Crippen LogP contribution >= 0.6 is 0 Å². The Labute approximate surface area is 80.7 Å². The zero-order valence-electron chi connectivity index (χ0n) is 8.70. The Morgan fingerprint density at radius 1 is 1.31 bits per heavy atom. The molecule has 0 aromatic rings. The number of ether oxygens (including phenoxy) is 1. The lowest BCUT2D eigenvalue weighted by Gasteiger charge is -2.09. The van der Waals surface area contributed by atoms with Gasteiger partial charge in [0.1, 0.15) is 6.23 Å². The first kappa shape index (κ1) is 12.8. The first-order valence-corrected chi connectivity index (χ1v) is 4.79. The molecule has 80 valence electrons. The zero-order chi connectivity index (χ0) is 10.1. The maximum atomic E-state index is 8.72. The van der Waals surface area contributed by atoms with Crippen molar-refractivity contribution in [2.45, 2.75) is 25.5 Å². The maximum absolute atomic E-state index is 8.72. The summed E-state index contributed by atoms with van der Waals surface area (Å²) in [5, 5.41) is 8.72. The summed E-state index contributed by atoms with van der Waals surface area (Å²) in [6.45, 7) is 2.42. The summed E-state index contributed by atoms with van der Waals surface area (Å²) < 4.78 is 5.27. The predicted molar refractivity (Wildman–Crippen MR) is 53.4 cm³/mol. The van der Waals surface area contributed by atoms with Crippen molar-refractivity contribution in [3.8, 4) is 0 Å². The van der Waals surface area contributed by atoms with Gasteiger partial charge in [-0.25, -0.2) is 0 Å². The molecule has 0 spiro atoms. The molecule has 0 aromatic heterocycles. The van der Waals surface area contributed by atoms with Crippen molar-refractivity contribution in [2.75, 3.05) is 33.9 Å². The van der Waals surface area contributed by atoms with Gasteiger partial charge in [0.05, 0.1) is 6.61 Å². The summed E-state index contributed by atoms with van der Waals surface area (Å²) in [6.07, 6.45) is 2.01. The monoisotopic (exact) mass is 190 g/mol. The SMILES string of the molecule is CN(C)CCCCOCCC(N)O. The standard InChI is InChI=1S/C9H22N2O2/c1-11(2)6-3-4-7-13-8-5-9(10)12/h9,12H,3-8,10H2,1-2H3. The van der Waals surface area contributed by atoms with Crippen molar-refractivity contribution >= 4 is 0 Å². The second-order valence-electron chi connectivity index (χ2n) is 3.48. The van der Waals surface area contributed by atoms with E-state index in [0.29, 0.717) is 13.0 Å². The van der Waals surface area contributed by atoms with Gasteiger partial charge in [-0.2, -0.15) is 0 Å². The minimum absolute atomic E-state index is 0.522. The van der Waals surface area contributed by atoms with Gasteiger partial charge in [0.2, 0.25) is 0 Å². The van der Waals surface area contributed by atoms with Crippen LogP contribution in [-0.4, -0.2) is 50.1 Å². The lowest BCUT2D eigenvalue weighted by Crippen LogP contribution is -2.20. The van der Waals surface area contributed by atoms with Gasteiger partial charge in [-0.15, -0.1) is 0 Å². The Kier molecular flexibility index (Phi) is 8.33. The second-order valence-corrected chi connectivity index (χ2v) is 3.48. The molecule has 1 atom stereocenters. The highest BCUT2D eigenvalue weighted by molar-refractivity contribution is 4.46. The number of hydrogen-bond acceptors (Lipinski definition) is 4. The van der Waals surface area contributed by atoms with E-state index >= 15 is 0 Å². The third-order valence-corrected chi connectivity index (χ3v) is 1.70. The third-order valence-electron chi connectivity index (χ3n) is 1.70. The molecular formula is C9H22N2O2. The van der Waals surface area contributed by atoms with Crippen molar-refractivity contribution < 1.29 is 9.84 Å². The third kappa shape index (κ3) is 11.8. The number of unbranched alkanes of at least 4 members (excludes halogenated alkanes) is 1. The Morgan fingerprint density at radius 2 is 2.00 bits per heavy atom. The highest BCUT2D eigenvalue weighted by atomic mass is 16.5. The van der Waals surface area contributed by atoms with Crippen LogP contribution < -0.4 is 5.73 Å². The molecule has 0 aromatic carbocycles. The molecule has 0 aliphatic rings. The number of hydrogen-bond donors (Lipinski definition) is 2. The number of aliphatic hydroxyl groups is 1. The van der Waals surface area contributed by atoms with Crippen molar-refractivity contribution in [1.82, 2.24) is 4.90 Å². The Balaban J connectivity index is 2.92. The molecule has 0 saturated heterocycles. The Bertz CT molecular complexity index is 95.8. The van der Waals surface area contributed by atoms with E-state index < -0.39 is 6.23 Å². The maximum Gasteiger partial charge on any atom is 0.104 e. The first-order chi connectivity index (χ1) is 6.13. The average molecular weight is 190 g/mol. The highest BCUT2D eigenvalue weighted by Gasteiger charge is 1.95. The first-order valence-electron chi connectivity index (χ1n) is 4.79. The van der Waals surface area contributed by atoms with E-state index in [9.17, 15) is 0 Å². The Morgan fingerprint density at radius 3 is 2.54 bits per heavy atom. The van der Waals surface area contributed by atoms with E-state index in [1.165, 1.54) is 0 Å². The summed E-state index contributed by atoms with van der Waals surface area (Å²) >= 11 is 0. The van der Waals surface area contributed by atoms with E-state index in [1.807, 2.05) is 0 Å². The zero-order valence-corrected chi connectivity index (χ0v) is 8.70. The van der Waals surface area contributed by atoms with Crippen molar-refractivity contribution in [1.29, 1.82) is 0 Å². The van der Waals surface area contributed by atoms with E-state index in [2.05, 4.69) is 19.0 Å². The number of aliphatic hydroxyl groups excluding tert-OH is 1. The largest absolute Gasteiger partial charge is 0.381 e. The molecule has 3 N–H and O–H groups in total. The van der Waals surface area contributed by atoms with E-state index in [4.69, 9.17) is 15.6 Å². The van der Waals surface area contributed by atoms with Crippen LogP contribution in [0.3, 0.4) is 0 Å². The van der Waals surface area contributed by atoms with Crippen LogP contribution in [0.5, 0.6) is 0 Å². The van der Waals surface area contributed by atoms with E-state index in [0.717, 1.165) is 26.0 Å². The van der Waals surface area contributed by atoms with Crippen molar-refractivity contribution in [3.05, 3.63) is 0 Å². The molecule has 13 heavy (non-hydrogen) atoms. The van der Waals surface area contributed by atoms with Gasteiger partial charge in [-0.05, 0) is 33.5 Å². The molecule has 0 amide bonds. The van der Waals surface area contributed by atoms with E-state index in [-0.39, 0.29) is 0 Å². The fourth-order valence-corrected chi connectivity index (χ4v) is 0.938. The van der Waals surface area contributed by atoms with Gasteiger partial charge in [-0.3, -0.25) is 0 Å². The van der Waals surface area contributed by atoms with Crippen LogP contribution in [0.2, 0.25) is 0 Å². The smallest absolute Gasteiger partial charge is 0.104 e. The normalized spacial score (nSPS) is 13.6. The highest BCUT2D eigenvalue weighted by Crippen LogP contribution is 1.93. The Hall–Kier alpha value is -0.160. The molecule has 0 radical (unpaired) electrons. The van der Waals surface area contributed by atoms with Crippen LogP contribution in [0, 0.1) is 0 Å². The predicted octanol–water partition coefficient (Wildman–Crippen LogP) is 0.0120. The molecule has 0 heterocycles. The second kappa shape index (κ2) is 8.44. The molecule has 4 nitrogen and oxygen atoms in total. The van der Waals surface area contributed by atoms with Crippen molar-refractivity contribution in [3.63, 3.8) is 0 Å². The number of nitrogens with two attached hydrogens (primary N) is 1. The van der Waals surface area contributed by atoms with Gasteiger partial charge in [-0.1, -0.05) is 0 Å². The van der Waals surface area contributed by atoms with Crippen LogP contribution in [0.1, 0.15) is 19.3 Å². The molecule has 0 bridgehead atoms. The fourth-order valence-electron chi connectivity index (χ4n) is 0.938. The van der Waals surface area contributed by atoms with Crippen LogP contribution in [-0.2, 0) is 4.74 Å². The summed E-state index contributed by atoms with van der Waals surface area (Å²) in [4.78, 5) is 2.16. The average Bonchev–Trinajstić information content (AvgIpc) is 2.01. The lowest BCUT2D eigenvalue weighted by atomic mass is 10.3. The van der Waals surface area contributed by atoms with Gasteiger partial charge < -0.3 is 20.5 Å².